The van der Waals surface area contributed by atoms with E-state index in [4.69, 9.17) is 4.74 Å². The zero-order valence-corrected chi connectivity index (χ0v) is 18.3. The first-order valence-electron chi connectivity index (χ1n) is 10.5. The predicted octanol–water partition coefficient (Wildman–Crippen LogP) is 1.67. The molecule has 0 spiro atoms. The summed E-state index contributed by atoms with van der Waals surface area (Å²) in [6.07, 6.45) is 2.78. The van der Waals surface area contributed by atoms with Crippen LogP contribution < -0.4 is 4.90 Å². The van der Waals surface area contributed by atoms with E-state index >= 15 is 0 Å². The number of nitrogens with zero attached hydrogens (tertiary/aromatic N) is 2. The lowest BCUT2D eigenvalue weighted by atomic mass is 10.1. The van der Waals surface area contributed by atoms with Crippen LogP contribution in [0.1, 0.15) is 12.1 Å². The normalized spacial score (nSPS) is 15.8. The minimum atomic E-state index is -3.64. The highest BCUT2D eigenvalue weighted by Gasteiger charge is 2.27. The van der Waals surface area contributed by atoms with Gasteiger partial charge < -0.3 is 14.2 Å². The summed E-state index contributed by atoms with van der Waals surface area (Å²) in [7, 11) is -1.68. The molecular formula is C23H30N3O3S+. The topological polar surface area (TPSA) is 56.0 Å². The van der Waals surface area contributed by atoms with E-state index in [1.165, 1.54) is 4.90 Å². The number of rotatable bonds is 8. The number of hydrogen-bond donors (Lipinski definition) is 1. The van der Waals surface area contributed by atoms with Crippen molar-refractivity contribution in [3.8, 4) is 0 Å². The van der Waals surface area contributed by atoms with Crippen LogP contribution >= 0.6 is 0 Å². The zero-order valence-electron chi connectivity index (χ0n) is 17.5. The number of sulfonamides is 1. The molecule has 0 atom stereocenters. The van der Waals surface area contributed by atoms with Crippen molar-refractivity contribution in [2.24, 2.45) is 7.05 Å². The van der Waals surface area contributed by atoms with E-state index in [1.807, 2.05) is 66.3 Å². The van der Waals surface area contributed by atoms with Gasteiger partial charge in [-0.15, -0.1) is 0 Å². The van der Waals surface area contributed by atoms with Gasteiger partial charge in [-0.1, -0.05) is 36.4 Å². The van der Waals surface area contributed by atoms with Gasteiger partial charge in [0.15, 0.2) is 0 Å². The molecule has 1 saturated heterocycles. The summed E-state index contributed by atoms with van der Waals surface area (Å²) in [5, 5.41) is 1.71. The number of hydrogen-bond acceptors (Lipinski definition) is 3. The highest BCUT2D eigenvalue weighted by molar-refractivity contribution is 7.89. The largest absolute Gasteiger partial charge is 0.370 e. The van der Waals surface area contributed by atoms with Crippen molar-refractivity contribution in [3.05, 3.63) is 66.5 Å². The second kappa shape index (κ2) is 9.31. The average Bonchev–Trinajstić information content (AvgIpc) is 3.17. The summed E-state index contributed by atoms with van der Waals surface area (Å²) < 4.78 is 36.6. The SMILES string of the molecule is Cn1cccc1CN(CCC[NH+]1CCOCC1)S(=O)(=O)c1cccc2ccccc12. The van der Waals surface area contributed by atoms with Gasteiger partial charge in [0, 0.05) is 37.3 Å². The monoisotopic (exact) mass is 428 g/mol. The summed E-state index contributed by atoms with van der Waals surface area (Å²) in [5.74, 6) is 0. The molecule has 7 heteroatoms. The molecule has 1 aliphatic rings. The first-order chi connectivity index (χ1) is 14.6. The lowest BCUT2D eigenvalue weighted by Gasteiger charge is -2.26. The Morgan fingerprint density at radius 1 is 1.03 bits per heavy atom. The molecule has 160 valence electrons. The minimum absolute atomic E-state index is 0.369. The predicted molar refractivity (Wildman–Crippen MR) is 118 cm³/mol. The minimum Gasteiger partial charge on any atom is -0.370 e. The summed E-state index contributed by atoms with van der Waals surface area (Å²) >= 11 is 0. The van der Waals surface area contributed by atoms with Gasteiger partial charge in [0.05, 0.1) is 31.2 Å². The molecule has 1 N–H and O–H groups in total. The molecule has 0 unspecified atom stereocenters. The maximum absolute atomic E-state index is 13.8. The molecule has 0 bridgehead atoms. The smallest absolute Gasteiger partial charge is 0.244 e. The van der Waals surface area contributed by atoms with Crippen molar-refractivity contribution >= 4 is 20.8 Å². The van der Waals surface area contributed by atoms with Gasteiger partial charge in [-0.2, -0.15) is 4.31 Å². The molecular weight excluding hydrogens is 398 g/mol. The van der Waals surface area contributed by atoms with Crippen LogP contribution in [-0.2, 0) is 28.4 Å². The summed E-state index contributed by atoms with van der Waals surface area (Å²) in [4.78, 5) is 1.87. The fourth-order valence-electron chi connectivity index (χ4n) is 4.10. The van der Waals surface area contributed by atoms with Gasteiger partial charge >= 0.3 is 0 Å². The highest BCUT2D eigenvalue weighted by Crippen LogP contribution is 2.27. The second-order valence-electron chi connectivity index (χ2n) is 7.89. The quantitative estimate of drug-likeness (QED) is 0.594. The van der Waals surface area contributed by atoms with E-state index in [-0.39, 0.29) is 0 Å². The summed E-state index contributed by atoms with van der Waals surface area (Å²) in [5.41, 5.74) is 0.984. The number of aryl methyl sites for hydroxylation is 1. The van der Waals surface area contributed by atoms with Crippen molar-refractivity contribution in [1.29, 1.82) is 0 Å². The molecule has 0 saturated carbocycles. The van der Waals surface area contributed by atoms with E-state index in [2.05, 4.69) is 0 Å². The van der Waals surface area contributed by atoms with Gasteiger partial charge in [0.1, 0.15) is 13.1 Å². The Kier molecular flexibility index (Phi) is 6.53. The lowest BCUT2D eigenvalue weighted by Crippen LogP contribution is -3.14. The van der Waals surface area contributed by atoms with Crippen LogP contribution in [0, 0.1) is 0 Å². The molecule has 4 rings (SSSR count). The fourth-order valence-corrected chi connectivity index (χ4v) is 5.77. The van der Waals surface area contributed by atoms with Crippen LogP contribution in [0.25, 0.3) is 10.8 Å². The van der Waals surface area contributed by atoms with E-state index in [9.17, 15) is 8.42 Å². The van der Waals surface area contributed by atoms with Gasteiger partial charge in [0.2, 0.25) is 10.0 Å². The van der Waals surface area contributed by atoms with Gasteiger partial charge in [0.25, 0.3) is 0 Å². The molecule has 6 nitrogen and oxygen atoms in total. The molecule has 0 amide bonds. The summed E-state index contributed by atoms with van der Waals surface area (Å²) in [6.45, 7) is 5.39. The van der Waals surface area contributed by atoms with Crippen LogP contribution in [0.2, 0.25) is 0 Å². The van der Waals surface area contributed by atoms with Crippen LogP contribution in [0.4, 0.5) is 0 Å². The molecule has 0 aliphatic carbocycles. The Hall–Kier alpha value is -2.19. The molecule has 1 aliphatic heterocycles. The molecule has 0 radical (unpaired) electrons. The van der Waals surface area contributed by atoms with E-state index in [0.29, 0.717) is 18.0 Å². The third-order valence-corrected chi connectivity index (χ3v) is 7.80. The fraction of sp³-hybridized carbons (Fsp3) is 0.391. The summed E-state index contributed by atoms with van der Waals surface area (Å²) in [6, 6.07) is 17.1. The van der Waals surface area contributed by atoms with Gasteiger partial charge in [-0.05, 0) is 23.6 Å². The third-order valence-electron chi connectivity index (χ3n) is 5.89. The Balaban J connectivity index is 1.60. The lowest BCUT2D eigenvalue weighted by molar-refractivity contribution is -0.908. The number of aromatic nitrogens is 1. The maximum atomic E-state index is 13.8. The number of fused-ring (bicyclic) bond motifs is 1. The van der Waals surface area contributed by atoms with Crippen molar-refractivity contribution < 1.29 is 18.1 Å². The Bertz CT molecular complexity index is 1080. The van der Waals surface area contributed by atoms with Crippen LogP contribution in [-0.4, -0.2) is 56.7 Å². The number of morpholine rings is 1. The number of ether oxygens (including phenoxy) is 1. The third kappa shape index (κ3) is 4.59. The molecule has 1 aromatic heterocycles. The van der Waals surface area contributed by atoms with Crippen LogP contribution in [0.3, 0.4) is 0 Å². The average molecular weight is 429 g/mol. The first-order valence-corrected chi connectivity index (χ1v) is 12.0. The molecule has 30 heavy (non-hydrogen) atoms. The molecule has 1 fully saturated rings. The standard InChI is InChI=1S/C23H29N3O3S/c1-24-12-5-9-21(24)19-26(14-6-13-25-15-17-29-18-16-25)30(27,28)23-11-4-8-20-7-2-3-10-22(20)23/h2-5,7-12H,6,13-19H2,1H3/p+1. The van der Waals surface area contributed by atoms with E-state index < -0.39 is 10.0 Å². The Morgan fingerprint density at radius 2 is 1.80 bits per heavy atom. The van der Waals surface area contributed by atoms with Crippen molar-refractivity contribution in [2.75, 3.05) is 39.4 Å². The van der Waals surface area contributed by atoms with Crippen molar-refractivity contribution in [3.63, 3.8) is 0 Å². The van der Waals surface area contributed by atoms with E-state index in [0.717, 1.165) is 55.7 Å². The first kappa shape index (κ1) is 21.1. The zero-order chi connectivity index (χ0) is 21.0. The van der Waals surface area contributed by atoms with E-state index in [1.54, 1.807) is 10.4 Å². The van der Waals surface area contributed by atoms with Crippen LogP contribution in [0.5, 0.6) is 0 Å². The molecule has 3 aromatic rings. The Labute approximate surface area is 178 Å². The maximum Gasteiger partial charge on any atom is 0.244 e. The second-order valence-corrected chi connectivity index (χ2v) is 9.80. The van der Waals surface area contributed by atoms with Crippen molar-refractivity contribution in [1.82, 2.24) is 8.87 Å². The van der Waals surface area contributed by atoms with Crippen LogP contribution in [0.15, 0.2) is 65.7 Å². The Morgan fingerprint density at radius 3 is 2.57 bits per heavy atom. The number of quaternary nitrogens is 1. The molecule has 2 heterocycles. The number of benzene rings is 2. The van der Waals surface area contributed by atoms with Crippen molar-refractivity contribution in [2.45, 2.75) is 17.9 Å². The van der Waals surface area contributed by atoms with Gasteiger partial charge in [-0.3, -0.25) is 0 Å². The molecule has 2 aromatic carbocycles. The highest BCUT2D eigenvalue weighted by atomic mass is 32.2. The van der Waals surface area contributed by atoms with Gasteiger partial charge in [-0.25, -0.2) is 8.42 Å². The number of nitrogens with one attached hydrogen (secondary N) is 1.